The van der Waals surface area contributed by atoms with Crippen molar-refractivity contribution in [3.8, 4) is 0 Å². The first-order valence-corrected chi connectivity index (χ1v) is 12.8. The molecule has 5 atom stereocenters. The molecule has 35 heavy (non-hydrogen) atoms. The first kappa shape index (κ1) is 24.9. The summed E-state index contributed by atoms with van der Waals surface area (Å²) in [6, 6.07) is 18.0. The lowest BCUT2D eigenvalue weighted by molar-refractivity contribution is -0.118. The van der Waals surface area contributed by atoms with Crippen molar-refractivity contribution in [2.45, 2.75) is 64.1 Å². The van der Waals surface area contributed by atoms with Crippen molar-refractivity contribution in [2.24, 2.45) is 17.8 Å². The van der Waals surface area contributed by atoms with Crippen LogP contribution in [-0.4, -0.2) is 29.9 Å². The topological polar surface area (TPSA) is 69.7 Å². The summed E-state index contributed by atoms with van der Waals surface area (Å²) in [5, 5.41) is 0. The Labute approximate surface area is 207 Å². The predicted molar refractivity (Wildman–Crippen MR) is 134 cm³/mol. The molecule has 184 valence electrons. The molecule has 2 aliphatic rings. The summed E-state index contributed by atoms with van der Waals surface area (Å²) >= 11 is 0. The van der Waals surface area contributed by atoms with Gasteiger partial charge in [-0.25, -0.2) is 9.59 Å². The van der Waals surface area contributed by atoms with E-state index in [-0.39, 0.29) is 47.7 Å². The fourth-order valence-corrected chi connectivity index (χ4v) is 5.39. The molecular weight excluding hydrogens is 440 g/mol. The van der Waals surface area contributed by atoms with Gasteiger partial charge in [-0.3, -0.25) is 4.79 Å². The molecule has 4 rings (SSSR count). The van der Waals surface area contributed by atoms with Crippen LogP contribution in [0.15, 0.2) is 72.8 Å². The lowest BCUT2D eigenvalue weighted by Gasteiger charge is -2.22. The van der Waals surface area contributed by atoms with Gasteiger partial charge in [-0.1, -0.05) is 62.2 Å². The number of ether oxygens (including phenoxy) is 2. The summed E-state index contributed by atoms with van der Waals surface area (Å²) in [6.45, 7) is 2.14. The van der Waals surface area contributed by atoms with E-state index in [1.165, 1.54) is 0 Å². The van der Waals surface area contributed by atoms with Crippen LogP contribution < -0.4 is 0 Å². The number of Topliss-reactive ketones (excluding diaryl/α,β-unsaturated/α-hetero) is 1. The molecule has 0 radical (unpaired) electrons. The van der Waals surface area contributed by atoms with Crippen molar-refractivity contribution < 1.29 is 23.9 Å². The Morgan fingerprint density at radius 2 is 1.60 bits per heavy atom. The van der Waals surface area contributed by atoms with Gasteiger partial charge in [0.25, 0.3) is 0 Å². The monoisotopic (exact) mass is 474 g/mol. The summed E-state index contributed by atoms with van der Waals surface area (Å²) in [5.41, 5.74) is 1.05. The highest BCUT2D eigenvalue weighted by Gasteiger charge is 2.48. The van der Waals surface area contributed by atoms with Crippen molar-refractivity contribution in [1.29, 1.82) is 0 Å². The third kappa shape index (κ3) is 6.47. The first-order chi connectivity index (χ1) is 17.0. The Bertz CT molecular complexity index is 1030. The van der Waals surface area contributed by atoms with Gasteiger partial charge in [-0.05, 0) is 61.4 Å². The van der Waals surface area contributed by atoms with Gasteiger partial charge < -0.3 is 9.47 Å². The van der Waals surface area contributed by atoms with Crippen molar-refractivity contribution >= 4 is 17.7 Å². The van der Waals surface area contributed by atoms with Crippen molar-refractivity contribution in [1.82, 2.24) is 0 Å². The summed E-state index contributed by atoms with van der Waals surface area (Å²) in [6.07, 6.45) is 8.93. The molecule has 2 aromatic carbocycles. The summed E-state index contributed by atoms with van der Waals surface area (Å²) in [5.74, 6) is -0.0755. The number of benzene rings is 2. The van der Waals surface area contributed by atoms with Crippen LogP contribution in [0.5, 0.6) is 0 Å². The van der Waals surface area contributed by atoms with Crippen LogP contribution in [0.3, 0.4) is 0 Å². The number of carbonyl (C=O) groups excluding carboxylic acids is 3. The number of hydrogen-bond acceptors (Lipinski definition) is 5. The van der Waals surface area contributed by atoms with Gasteiger partial charge in [-0.2, -0.15) is 0 Å². The molecule has 0 saturated heterocycles. The Balaban J connectivity index is 1.49. The zero-order chi connectivity index (χ0) is 24.6. The highest BCUT2D eigenvalue weighted by Crippen LogP contribution is 2.48. The van der Waals surface area contributed by atoms with Crippen LogP contribution >= 0.6 is 0 Å². The second kappa shape index (κ2) is 12.0. The lowest BCUT2D eigenvalue weighted by Crippen LogP contribution is -2.25. The number of unbranched alkanes of at least 4 members (excludes halogenated alkanes) is 2. The molecule has 0 bridgehead atoms. The van der Waals surface area contributed by atoms with E-state index in [9.17, 15) is 14.4 Å². The van der Waals surface area contributed by atoms with Crippen molar-refractivity contribution in [3.05, 3.63) is 83.9 Å². The number of fused-ring (bicyclic) bond motifs is 1. The van der Waals surface area contributed by atoms with E-state index in [1.54, 1.807) is 24.3 Å². The molecule has 0 heterocycles. The Morgan fingerprint density at radius 3 is 2.26 bits per heavy atom. The molecule has 0 N–H and O–H groups in total. The van der Waals surface area contributed by atoms with Crippen LogP contribution in [-0.2, 0) is 14.3 Å². The second-order valence-corrected chi connectivity index (χ2v) is 9.68. The number of rotatable bonds is 10. The fraction of sp³-hybridized carbons (Fsp3) is 0.433. The largest absolute Gasteiger partial charge is 0.458 e. The third-order valence-electron chi connectivity index (χ3n) is 7.19. The van der Waals surface area contributed by atoms with Crippen molar-refractivity contribution in [2.75, 3.05) is 0 Å². The first-order valence-electron chi connectivity index (χ1n) is 12.8. The fourth-order valence-electron chi connectivity index (χ4n) is 5.39. The summed E-state index contributed by atoms with van der Waals surface area (Å²) < 4.78 is 11.8. The maximum absolute atomic E-state index is 12.8. The molecule has 0 aliphatic heterocycles. The molecule has 0 unspecified atom stereocenters. The molecule has 0 spiro atoms. The maximum Gasteiger partial charge on any atom is 0.338 e. The van der Waals surface area contributed by atoms with Crippen LogP contribution in [0.4, 0.5) is 0 Å². The van der Waals surface area contributed by atoms with Gasteiger partial charge >= 0.3 is 11.9 Å². The lowest BCUT2D eigenvalue weighted by atomic mass is 9.90. The summed E-state index contributed by atoms with van der Waals surface area (Å²) in [4.78, 5) is 37.6. The van der Waals surface area contributed by atoms with Gasteiger partial charge in [0.1, 0.15) is 18.0 Å². The van der Waals surface area contributed by atoms with Crippen LogP contribution in [0.2, 0.25) is 0 Å². The molecular formula is C30H34O5. The highest BCUT2D eigenvalue weighted by atomic mass is 16.5. The number of carbonyl (C=O) groups is 3. The second-order valence-electron chi connectivity index (χ2n) is 9.68. The van der Waals surface area contributed by atoms with E-state index < -0.39 is 0 Å². The molecule has 2 aliphatic carbocycles. The van der Waals surface area contributed by atoms with Crippen LogP contribution in [0.25, 0.3) is 0 Å². The van der Waals surface area contributed by atoms with Gasteiger partial charge in [0.2, 0.25) is 0 Å². The SMILES string of the molecule is CCCCC[C@@H](/C=C/[C@@H]1[C@H]2CC(=O)C[C@H]2C[C@H]1OC(=O)c1ccccc1)OC(=O)c1ccccc1. The Morgan fingerprint density at radius 1 is 0.943 bits per heavy atom. The average molecular weight is 475 g/mol. The average Bonchev–Trinajstić information content (AvgIpc) is 3.38. The quantitative estimate of drug-likeness (QED) is 0.233. The van der Waals surface area contributed by atoms with E-state index >= 15 is 0 Å². The minimum atomic E-state index is -0.365. The normalized spacial score (nSPS) is 24.3. The molecule has 0 aromatic heterocycles. The van der Waals surface area contributed by atoms with Crippen molar-refractivity contribution in [3.63, 3.8) is 0 Å². The minimum absolute atomic E-state index is 0.0665. The smallest absolute Gasteiger partial charge is 0.338 e. The standard InChI is InChI=1S/C30H34O5/c1-2-3-6-15-25(34-29(32)21-11-7-4-8-12-21)16-17-26-27-20-24(31)18-23(27)19-28(26)35-30(33)22-13-9-5-10-14-22/h4-5,7-14,16-17,23,25-28H,2-3,6,15,18-20H2,1H3/b17-16+/t23-,25-,26+,27-,28+/m0/s1. The number of hydrogen-bond donors (Lipinski definition) is 0. The van der Waals surface area contributed by atoms with E-state index in [1.807, 2.05) is 48.6 Å². The molecule has 0 amide bonds. The minimum Gasteiger partial charge on any atom is -0.458 e. The van der Waals surface area contributed by atoms with Crippen LogP contribution in [0.1, 0.15) is 72.6 Å². The number of ketones is 1. The Kier molecular flexibility index (Phi) is 8.51. The Hall–Kier alpha value is -3.21. The van der Waals surface area contributed by atoms with Gasteiger partial charge in [0, 0.05) is 18.8 Å². The van der Waals surface area contributed by atoms with Crippen LogP contribution in [0, 0.1) is 17.8 Å². The van der Waals surface area contributed by atoms with E-state index in [0.717, 1.165) is 25.7 Å². The van der Waals surface area contributed by atoms with Gasteiger partial charge in [0.15, 0.2) is 0 Å². The van der Waals surface area contributed by atoms with E-state index in [0.29, 0.717) is 30.4 Å². The molecule has 2 aromatic rings. The predicted octanol–water partition coefficient (Wildman–Crippen LogP) is 6.19. The number of esters is 2. The molecule has 5 heteroatoms. The van der Waals surface area contributed by atoms with Gasteiger partial charge in [0.05, 0.1) is 11.1 Å². The highest BCUT2D eigenvalue weighted by molar-refractivity contribution is 5.90. The van der Waals surface area contributed by atoms with E-state index in [4.69, 9.17) is 9.47 Å². The zero-order valence-corrected chi connectivity index (χ0v) is 20.3. The zero-order valence-electron chi connectivity index (χ0n) is 20.3. The third-order valence-corrected chi connectivity index (χ3v) is 7.19. The summed E-state index contributed by atoms with van der Waals surface area (Å²) in [7, 11) is 0. The van der Waals surface area contributed by atoms with Gasteiger partial charge in [-0.15, -0.1) is 0 Å². The molecule has 2 saturated carbocycles. The maximum atomic E-state index is 12.8. The molecule has 5 nitrogen and oxygen atoms in total. The molecule has 2 fully saturated rings. The van der Waals surface area contributed by atoms with E-state index in [2.05, 4.69) is 6.92 Å².